The van der Waals surface area contributed by atoms with E-state index in [2.05, 4.69) is 5.32 Å². The molecule has 27 heavy (non-hydrogen) atoms. The molecule has 1 aromatic carbocycles. The van der Waals surface area contributed by atoms with Crippen molar-refractivity contribution >= 4 is 27.3 Å². The van der Waals surface area contributed by atoms with E-state index in [0.29, 0.717) is 49.9 Å². The Labute approximate surface area is 162 Å². The Hall–Kier alpha value is -1.81. The highest BCUT2D eigenvalue weighted by atomic mass is 32.2. The molecule has 2 aromatic rings. The molecular formula is C18H23FN3O3S2+. The molecule has 146 valence electrons. The maximum absolute atomic E-state index is 12.9. The van der Waals surface area contributed by atoms with Gasteiger partial charge in [-0.05, 0) is 35.6 Å². The van der Waals surface area contributed by atoms with Crippen molar-refractivity contribution in [1.82, 2.24) is 9.62 Å². The second-order valence-electron chi connectivity index (χ2n) is 6.49. The van der Waals surface area contributed by atoms with Gasteiger partial charge in [-0.3, -0.25) is 4.79 Å². The lowest BCUT2D eigenvalue weighted by Crippen LogP contribution is -3.15. The number of nitrogens with zero attached hydrogens (tertiary/aromatic N) is 1. The molecule has 0 aliphatic carbocycles. The van der Waals surface area contributed by atoms with Crippen LogP contribution in [0.1, 0.15) is 5.56 Å². The van der Waals surface area contributed by atoms with Gasteiger partial charge in [0.15, 0.2) is 6.54 Å². The zero-order valence-corrected chi connectivity index (χ0v) is 16.5. The lowest BCUT2D eigenvalue weighted by Gasteiger charge is -2.30. The molecule has 3 rings (SSSR count). The number of rotatable bonds is 7. The van der Waals surface area contributed by atoms with Gasteiger partial charge in [-0.15, -0.1) is 11.3 Å². The lowest BCUT2D eigenvalue weighted by molar-refractivity contribution is -0.895. The topological polar surface area (TPSA) is 70.9 Å². The molecule has 0 bridgehead atoms. The predicted octanol–water partition coefficient (Wildman–Crippen LogP) is 0.135. The number of benzene rings is 1. The number of thiophene rings is 1. The standard InChI is InChI=1S/C18H22FN3O3S2/c19-16-5-3-15(4-6-16)7-8-20-17(23)14-21-9-11-22(12-10-21)27(24,25)18-2-1-13-26-18/h1-6,13H,7-12,14H2,(H,20,23)/p+1. The van der Waals surface area contributed by atoms with Crippen LogP contribution in [0.5, 0.6) is 0 Å². The summed E-state index contributed by atoms with van der Waals surface area (Å²) >= 11 is 1.22. The van der Waals surface area contributed by atoms with Crippen LogP contribution in [-0.4, -0.2) is 57.9 Å². The summed E-state index contributed by atoms with van der Waals surface area (Å²) in [6.45, 7) is 2.87. The van der Waals surface area contributed by atoms with Gasteiger partial charge in [-0.1, -0.05) is 18.2 Å². The van der Waals surface area contributed by atoms with E-state index in [-0.39, 0.29) is 11.7 Å². The minimum atomic E-state index is -3.41. The SMILES string of the molecule is O=C(C[NH+]1CCN(S(=O)(=O)c2cccs2)CC1)NCCc1ccc(F)cc1. The van der Waals surface area contributed by atoms with Gasteiger partial charge in [0.05, 0.1) is 26.2 Å². The Morgan fingerprint density at radius 3 is 2.52 bits per heavy atom. The van der Waals surface area contributed by atoms with Crippen molar-refractivity contribution in [2.24, 2.45) is 0 Å². The molecule has 0 unspecified atom stereocenters. The van der Waals surface area contributed by atoms with Gasteiger partial charge < -0.3 is 10.2 Å². The van der Waals surface area contributed by atoms with Crippen LogP contribution in [0.15, 0.2) is 46.0 Å². The van der Waals surface area contributed by atoms with E-state index in [9.17, 15) is 17.6 Å². The Morgan fingerprint density at radius 2 is 1.89 bits per heavy atom. The molecule has 0 atom stereocenters. The monoisotopic (exact) mass is 412 g/mol. The number of hydrogen-bond acceptors (Lipinski definition) is 4. The number of carbonyl (C=O) groups is 1. The molecule has 1 aliphatic rings. The molecule has 1 aromatic heterocycles. The van der Waals surface area contributed by atoms with E-state index in [1.54, 1.807) is 29.6 Å². The number of amides is 1. The van der Waals surface area contributed by atoms with Gasteiger partial charge in [0.1, 0.15) is 10.0 Å². The molecule has 0 saturated carbocycles. The number of sulfonamides is 1. The third-order valence-electron chi connectivity index (χ3n) is 4.58. The first-order chi connectivity index (χ1) is 12.9. The Morgan fingerprint density at radius 1 is 1.19 bits per heavy atom. The highest BCUT2D eigenvalue weighted by Gasteiger charge is 2.31. The molecule has 1 saturated heterocycles. The molecule has 0 radical (unpaired) electrons. The summed E-state index contributed by atoms with van der Waals surface area (Å²) < 4.78 is 39.7. The van der Waals surface area contributed by atoms with Crippen LogP contribution < -0.4 is 10.2 Å². The number of nitrogens with one attached hydrogen (secondary N) is 2. The van der Waals surface area contributed by atoms with Crippen LogP contribution in [0.2, 0.25) is 0 Å². The smallest absolute Gasteiger partial charge is 0.275 e. The van der Waals surface area contributed by atoms with E-state index in [4.69, 9.17) is 0 Å². The van der Waals surface area contributed by atoms with Gasteiger partial charge in [0, 0.05) is 6.54 Å². The fourth-order valence-corrected chi connectivity index (χ4v) is 5.63. The van der Waals surface area contributed by atoms with E-state index in [1.807, 2.05) is 0 Å². The van der Waals surface area contributed by atoms with E-state index in [1.165, 1.54) is 27.8 Å². The minimum absolute atomic E-state index is 0.0540. The summed E-state index contributed by atoms with van der Waals surface area (Å²) in [5.41, 5.74) is 0.969. The molecule has 6 nitrogen and oxygen atoms in total. The van der Waals surface area contributed by atoms with Crippen molar-refractivity contribution in [3.63, 3.8) is 0 Å². The van der Waals surface area contributed by atoms with E-state index in [0.717, 1.165) is 10.5 Å². The second-order valence-corrected chi connectivity index (χ2v) is 9.60. The molecular weight excluding hydrogens is 389 g/mol. The van der Waals surface area contributed by atoms with Crippen molar-refractivity contribution in [1.29, 1.82) is 0 Å². The number of piperazine rings is 1. The highest BCUT2D eigenvalue weighted by molar-refractivity contribution is 7.91. The first-order valence-electron chi connectivity index (χ1n) is 8.83. The van der Waals surface area contributed by atoms with Crippen molar-refractivity contribution in [2.75, 3.05) is 39.3 Å². The molecule has 2 N–H and O–H groups in total. The van der Waals surface area contributed by atoms with Crippen molar-refractivity contribution < 1.29 is 22.5 Å². The average molecular weight is 413 g/mol. The van der Waals surface area contributed by atoms with E-state index < -0.39 is 10.0 Å². The zero-order chi connectivity index (χ0) is 19.3. The van der Waals surface area contributed by atoms with Crippen LogP contribution in [0.4, 0.5) is 4.39 Å². The molecule has 2 heterocycles. The summed E-state index contributed by atoms with van der Waals surface area (Å²) in [6.07, 6.45) is 0.647. The number of hydrogen-bond donors (Lipinski definition) is 2. The summed E-state index contributed by atoms with van der Waals surface area (Å²) in [4.78, 5) is 13.2. The summed E-state index contributed by atoms with van der Waals surface area (Å²) in [7, 11) is -3.41. The predicted molar refractivity (Wildman–Crippen MR) is 102 cm³/mol. The van der Waals surface area contributed by atoms with Crippen molar-refractivity contribution in [2.45, 2.75) is 10.6 Å². The van der Waals surface area contributed by atoms with Crippen LogP contribution in [0, 0.1) is 5.82 Å². The summed E-state index contributed by atoms with van der Waals surface area (Å²) in [6, 6.07) is 9.58. The highest BCUT2D eigenvalue weighted by Crippen LogP contribution is 2.20. The van der Waals surface area contributed by atoms with Gasteiger partial charge in [0.2, 0.25) is 0 Å². The molecule has 1 aliphatic heterocycles. The maximum atomic E-state index is 12.9. The quantitative estimate of drug-likeness (QED) is 0.680. The van der Waals surface area contributed by atoms with E-state index >= 15 is 0 Å². The lowest BCUT2D eigenvalue weighted by atomic mass is 10.1. The largest absolute Gasteiger partial charge is 0.351 e. The van der Waals surface area contributed by atoms with Crippen molar-refractivity contribution in [3.8, 4) is 0 Å². The molecule has 0 spiro atoms. The first-order valence-corrected chi connectivity index (χ1v) is 11.2. The van der Waals surface area contributed by atoms with Gasteiger partial charge in [0.25, 0.3) is 15.9 Å². The molecule has 9 heteroatoms. The normalized spacial score (nSPS) is 16.3. The number of quaternary nitrogens is 1. The third-order valence-corrected chi connectivity index (χ3v) is 7.85. The van der Waals surface area contributed by atoms with Crippen LogP contribution >= 0.6 is 11.3 Å². The maximum Gasteiger partial charge on any atom is 0.275 e. The Bertz CT molecular complexity index is 846. The second kappa shape index (κ2) is 8.92. The third kappa shape index (κ3) is 5.35. The van der Waals surface area contributed by atoms with Gasteiger partial charge in [-0.2, -0.15) is 4.31 Å². The van der Waals surface area contributed by atoms with Crippen LogP contribution in [0.3, 0.4) is 0 Å². The summed E-state index contributed by atoms with van der Waals surface area (Å²) in [5, 5.41) is 4.63. The molecule has 1 amide bonds. The number of halogens is 1. The summed E-state index contributed by atoms with van der Waals surface area (Å²) in [5.74, 6) is -0.326. The van der Waals surface area contributed by atoms with Crippen molar-refractivity contribution in [3.05, 3.63) is 53.2 Å². The van der Waals surface area contributed by atoms with Gasteiger partial charge >= 0.3 is 0 Å². The fourth-order valence-electron chi connectivity index (χ4n) is 3.04. The molecule has 1 fully saturated rings. The average Bonchev–Trinajstić information content (AvgIpc) is 3.19. The fraction of sp³-hybridized carbons (Fsp3) is 0.389. The Kier molecular flexibility index (Phi) is 6.59. The van der Waals surface area contributed by atoms with Crippen LogP contribution in [-0.2, 0) is 21.2 Å². The minimum Gasteiger partial charge on any atom is -0.351 e. The zero-order valence-electron chi connectivity index (χ0n) is 14.9. The first kappa shape index (κ1) is 19.9. The Balaban J connectivity index is 1.40. The van der Waals surface area contributed by atoms with Gasteiger partial charge in [-0.25, -0.2) is 12.8 Å². The number of carbonyl (C=O) groups excluding carboxylic acids is 1. The van der Waals surface area contributed by atoms with Crippen LogP contribution in [0.25, 0.3) is 0 Å².